The number of aromatic nitrogens is 1. The van der Waals surface area contributed by atoms with Gasteiger partial charge in [-0.25, -0.2) is 4.39 Å². The van der Waals surface area contributed by atoms with Gasteiger partial charge in [0, 0.05) is 35.1 Å². The number of aliphatic hydroxyl groups excluding tert-OH is 1. The Morgan fingerprint density at radius 1 is 1.07 bits per heavy atom. The van der Waals surface area contributed by atoms with Crippen LogP contribution in [0.25, 0.3) is 10.9 Å². The molecule has 5 rings (SSSR count). The number of fused-ring (bicyclic) bond motifs is 1. The van der Waals surface area contributed by atoms with Crippen LogP contribution in [0.15, 0.2) is 90.3 Å². The topological polar surface area (TPSA) is 139 Å². The number of nitrogens with zero attached hydrogens (tertiary/aromatic N) is 3. The average molecular weight is 616 g/mol. The number of amides is 1. The number of hydrogen-bond donors (Lipinski definition) is 3. The van der Waals surface area contributed by atoms with Crippen molar-refractivity contribution in [2.24, 2.45) is 5.73 Å². The highest BCUT2D eigenvalue weighted by molar-refractivity contribution is 6.05. The number of esters is 1. The first-order valence-corrected chi connectivity index (χ1v) is 14.3. The van der Waals surface area contributed by atoms with Gasteiger partial charge in [-0.15, -0.1) is 0 Å². The molecule has 0 aliphatic carbocycles. The molecule has 1 aliphatic rings. The summed E-state index contributed by atoms with van der Waals surface area (Å²) >= 11 is 0. The number of hydrazine groups is 1. The van der Waals surface area contributed by atoms with Crippen LogP contribution in [0.1, 0.15) is 20.8 Å². The van der Waals surface area contributed by atoms with Gasteiger partial charge in [-0.1, -0.05) is 18.2 Å². The maximum atomic E-state index is 15.2. The number of rotatable bonds is 10. The molecule has 11 nitrogen and oxygen atoms in total. The molecular formula is C33H34FN5O6. The molecule has 234 valence electrons. The second kappa shape index (κ2) is 13.2. The summed E-state index contributed by atoms with van der Waals surface area (Å²) in [5.74, 6) is -0.934. The Labute approximate surface area is 259 Å². The highest BCUT2D eigenvalue weighted by Crippen LogP contribution is 2.35. The summed E-state index contributed by atoms with van der Waals surface area (Å²) in [6.45, 7) is 5.02. The van der Waals surface area contributed by atoms with Crippen molar-refractivity contribution in [3.8, 4) is 17.2 Å². The number of carbonyl (C=O) groups excluding carboxylic acids is 2. The molecule has 45 heavy (non-hydrogen) atoms. The molecule has 2 heterocycles. The summed E-state index contributed by atoms with van der Waals surface area (Å²) in [5, 5.41) is 17.9. The average Bonchev–Trinajstić information content (AvgIpc) is 3.26. The molecule has 0 spiro atoms. The number of methoxy groups -OCH3 is 1. The summed E-state index contributed by atoms with van der Waals surface area (Å²) in [5.41, 5.74) is 7.50. The summed E-state index contributed by atoms with van der Waals surface area (Å²) < 4.78 is 31.8. The molecule has 0 radical (unpaired) electrons. The number of ether oxygens (including phenoxy) is 3. The fourth-order valence-corrected chi connectivity index (χ4v) is 4.99. The zero-order valence-electron chi connectivity index (χ0n) is 25.2. The lowest BCUT2D eigenvalue weighted by molar-refractivity contribution is -0.150. The predicted octanol–water partition coefficient (Wildman–Crippen LogP) is 4.72. The van der Waals surface area contributed by atoms with Crippen molar-refractivity contribution in [2.75, 3.05) is 24.0 Å². The van der Waals surface area contributed by atoms with Gasteiger partial charge in [0.25, 0.3) is 5.91 Å². The maximum Gasteiger partial charge on any atom is 0.322 e. The van der Waals surface area contributed by atoms with Crippen LogP contribution >= 0.6 is 0 Å². The summed E-state index contributed by atoms with van der Waals surface area (Å²) in [6.07, 6.45) is -0.451. The fraction of sp³-hybridized carbons (Fsp3) is 0.242. The fourth-order valence-electron chi connectivity index (χ4n) is 4.99. The molecule has 1 amide bonds. The molecule has 1 aliphatic heterocycles. The third-order valence-electron chi connectivity index (χ3n) is 7.23. The van der Waals surface area contributed by atoms with Crippen molar-refractivity contribution in [1.82, 2.24) is 9.99 Å². The Balaban J connectivity index is 1.36. The summed E-state index contributed by atoms with van der Waals surface area (Å²) in [6, 6.07) is 19.1. The molecule has 0 saturated heterocycles. The number of hydrogen-bond acceptors (Lipinski definition) is 10. The van der Waals surface area contributed by atoms with Crippen molar-refractivity contribution < 1.29 is 33.3 Å². The van der Waals surface area contributed by atoms with Crippen molar-refractivity contribution >= 4 is 34.2 Å². The van der Waals surface area contributed by atoms with E-state index in [-0.39, 0.29) is 23.6 Å². The van der Waals surface area contributed by atoms with E-state index in [1.165, 1.54) is 24.1 Å². The lowest BCUT2D eigenvalue weighted by Gasteiger charge is -2.36. The van der Waals surface area contributed by atoms with Crippen molar-refractivity contribution in [2.45, 2.75) is 39.1 Å². The molecule has 0 fully saturated rings. The standard InChI is InChI=1S/C33H34FN5O6/c1-19(44-33(42)20(2)35)18-38-21(3)30(32(41)39(38)23-8-6-5-7-9-23)31(40)37-22-10-13-29(26(34)16-22)45-28-14-15-36-27-17-24(43-4)11-12-25(27)28/h5-17,19-20,32,41H,18,35H2,1-4H3,(H,37,40). The number of nitrogens with two attached hydrogens (primary N) is 1. The van der Waals surface area contributed by atoms with Crippen LogP contribution in [-0.4, -0.2) is 59.0 Å². The molecule has 3 atom stereocenters. The Morgan fingerprint density at radius 2 is 1.82 bits per heavy atom. The number of nitrogens with one attached hydrogen (secondary N) is 1. The zero-order chi connectivity index (χ0) is 32.2. The first-order valence-electron chi connectivity index (χ1n) is 14.3. The first-order chi connectivity index (χ1) is 21.6. The lowest BCUT2D eigenvalue weighted by Crippen LogP contribution is -2.47. The van der Waals surface area contributed by atoms with Crippen LogP contribution in [0, 0.1) is 5.82 Å². The van der Waals surface area contributed by atoms with E-state index in [9.17, 15) is 14.7 Å². The van der Waals surface area contributed by atoms with Crippen LogP contribution in [0.3, 0.4) is 0 Å². The zero-order valence-corrected chi connectivity index (χ0v) is 25.2. The predicted molar refractivity (Wildman–Crippen MR) is 167 cm³/mol. The quantitative estimate of drug-likeness (QED) is 0.215. The first kappa shape index (κ1) is 31.2. The number of allylic oxidation sites excluding steroid dienone is 1. The minimum absolute atomic E-state index is 0.0454. The highest BCUT2D eigenvalue weighted by atomic mass is 19.1. The minimum Gasteiger partial charge on any atom is -0.497 e. The number of halogens is 1. The number of carbonyl (C=O) groups is 2. The molecule has 3 aromatic carbocycles. The van der Waals surface area contributed by atoms with E-state index in [1.54, 1.807) is 80.7 Å². The normalized spacial score (nSPS) is 16.0. The molecule has 4 N–H and O–H groups in total. The second-order valence-electron chi connectivity index (χ2n) is 10.6. The molecule has 12 heteroatoms. The summed E-state index contributed by atoms with van der Waals surface area (Å²) in [4.78, 5) is 29.9. The molecule has 4 aromatic rings. The van der Waals surface area contributed by atoms with E-state index >= 15 is 4.39 Å². The molecule has 0 saturated carbocycles. The van der Waals surface area contributed by atoms with Crippen molar-refractivity contribution in [3.63, 3.8) is 0 Å². The van der Waals surface area contributed by atoms with Gasteiger partial charge in [0.2, 0.25) is 0 Å². The molecule has 1 aromatic heterocycles. The SMILES string of the molecule is COc1ccc2c(Oc3ccc(NC(=O)C4=C(C)N(CC(C)OC(=O)C(C)N)N(c5ccccc5)C4O)cc3F)ccnc2c1. The third kappa shape index (κ3) is 6.66. The number of anilines is 2. The lowest BCUT2D eigenvalue weighted by atomic mass is 10.1. The van der Waals surface area contributed by atoms with E-state index in [2.05, 4.69) is 10.3 Å². The highest BCUT2D eigenvalue weighted by Gasteiger charge is 2.40. The smallest absolute Gasteiger partial charge is 0.322 e. The van der Waals surface area contributed by atoms with E-state index < -0.39 is 36.1 Å². The molecular weight excluding hydrogens is 581 g/mol. The van der Waals surface area contributed by atoms with E-state index in [4.69, 9.17) is 19.9 Å². The van der Waals surface area contributed by atoms with Gasteiger partial charge in [0.05, 0.1) is 30.4 Å². The molecule has 0 bridgehead atoms. The Morgan fingerprint density at radius 3 is 2.51 bits per heavy atom. The third-order valence-corrected chi connectivity index (χ3v) is 7.23. The molecule has 3 unspecified atom stereocenters. The largest absolute Gasteiger partial charge is 0.497 e. The number of aliphatic hydroxyl groups is 1. The van der Waals surface area contributed by atoms with Gasteiger partial charge < -0.3 is 30.4 Å². The maximum absolute atomic E-state index is 15.2. The van der Waals surface area contributed by atoms with Crippen LogP contribution in [0.4, 0.5) is 15.8 Å². The van der Waals surface area contributed by atoms with E-state index in [0.717, 1.165) is 6.07 Å². The van der Waals surface area contributed by atoms with E-state index in [0.29, 0.717) is 33.8 Å². The van der Waals surface area contributed by atoms with Gasteiger partial charge in [-0.3, -0.25) is 24.6 Å². The number of benzene rings is 3. The van der Waals surface area contributed by atoms with Crippen molar-refractivity contribution in [3.05, 3.63) is 96.1 Å². The van der Waals surface area contributed by atoms with Gasteiger partial charge in [0.15, 0.2) is 17.8 Å². The van der Waals surface area contributed by atoms with Crippen molar-refractivity contribution in [1.29, 1.82) is 0 Å². The van der Waals surface area contributed by atoms with Gasteiger partial charge in [0.1, 0.15) is 23.6 Å². The number of pyridine rings is 1. The van der Waals surface area contributed by atoms with Crippen LogP contribution in [0.2, 0.25) is 0 Å². The van der Waals surface area contributed by atoms with Gasteiger partial charge in [-0.2, -0.15) is 0 Å². The van der Waals surface area contributed by atoms with Crippen LogP contribution in [-0.2, 0) is 14.3 Å². The second-order valence-corrected chi connectivity index (χ2v) is 10.6. The Kier molecular flexibility index (Phi) is 9.16. The van der Waals surface area contributed by atoms with Gasteiger partial charge >= 0.3 is 5.97 Å². The monoisotopic (exact) mass is 615 g/mol. The minimum atomic E-state index is -1.38. The van der Waals surface area contributed by atoms with Crippen LogP contribution < -0.4 is 25.5 Å². The Bertz CT molecular complexity index is 1750. The van der Waals surface area contributed by atoms with Gasteiger partial charge in [-0.05, 0) is 63.2 Å². The van der Waals surface area contributed by atoms with E-state index in [1.807, 2.05) is 6.07 Å². The Hall–Kier alpha value is -5.20. The number of para-hydroxylation sites is 1. The summed E-state index contributed by atoms with van der Waals surface area (Å²) in [7, 11) is 1.56. The van der Waals surface area contributed by atoms with Crippen LogP contribution in [0.5, 0.6) is 17.2 Å².